The molecule has 1 aromatic heterocycles. The Kier molecular flexibility index (Phi) is 24.2. The van der Waals surface area contributed by atoms with Crippen molar-refractivity contribution >= 4 is 76.0 Å². The third-order valence-corrected chi connectivity index (χ3v) is 12.1. The number of carbonyl (C=O) groups excluding carboxylic acids is 8. The molecule has 7 atom stereocenters. The van der Waals surface area contributed by atoms with Gasteiger partial charge in [-0.1, -0.05) is 48.5 Å². The lowest BCUT2D eigenvalue weighted by Crippen LogP contribution is -2.60. The van der Waals surface area contributed by atoms with Crippen molar-refractivity contribution < 1.29 is 48.3 Å². The van der Waals surface area contributed by atoms with E-state index in [1.807, 2.05) is 18.2 Å². The molecule has 0 aliphatic carbocycles. The fraction of sp³-hybridized carbons (Fsp3) is 0.490. The summed E-state index contributed by atoms with van der Waals surface area (Å²) >= 11 is 0. The topological polar surface area (TPSA) is 441 Å². The minimum atomic E-state index is -1.49. The summed E-state index contributed by atoms with van der Waals surface area (Å²) < 4.78 is 0. The van der Waals surface area contributed by atoms with Crippen LogP contribution in [0.3, 0.4) is 0 Å². The highest BCUT2D eigenvalue weighted by molar-refractivity contribution is 5.98. The number of carboxylic acid groups (broad SMARTS) is 1. The van der Waals surface area contributed by atoms with E-state index in [4.69, 9.17) is 28.7 Å². The van der Waals surface area contributed by atoms with Crippen molar-refractivity contribution in [1.29, 1.82) is 0 Å². The standard InChI is InChI=1S/C49H72N16O10/c1-28(66)59-33(16-9-23-56-48(51)52)41(68)60-34-17-8-22-55-40(67)19-7-15-37(47(74)75)63-46(73)39(26-30-27-58-32-14-6-5-13-31(30)32)65-43(70)35(18-10-24-57-49(53)54)61-45(72)38(25-29-11-3-2-4-12-29)64-44(71)36(20-21-50)62-42(34)69/h2-6,11-14,27,33-39,58H,7-10,15-26,50H2,1H3,(H,55,67)(H,59,66)(H,60,68)(H,61,72)(H,62,69)(H,63,73)(H,64,71)(H,65,70)(H,74,75)(H4,51,52,56)(H4,53,54,57)/t33-,34-,35-,36-,37-,38+,39-/m0/s1. The van der Waals surface area contributed by atoms with Gasteiger partial charge in [-0.2, -0.15) is 0 Å². The molecule has 8 amide bonds. The van der Waals surface area contributed by atoms with Crippen LogP contribution in [0.4, 0.5) is 0 Å². The van der Waals surface area contributed by atoms with Gasteiger partial charge in [-0.15, -0.1) is 0 Å². The van der Waals surface area contributed by atoms with E-state index in [9.17, 15) is 48.3 Å². The molecule has 26 nitrogen and oxygen atoms in total. The van der Waals surface area contributed by atoms with Gasteiger partial charge in [0, 0.05) is 62.9 Å². The smallest absolute Gasteiger partial charge is 0.326 e. The number of para-hydroxylation sites is 1. The summed E-state index contributed by atoms with van der Waals surface area (Å²) in [5.74, 6) is -7.73. The van der Waals surface area contributed by atoms with E-state index in [-0.39, 0.29) is 115 Å². The lowest BCUT2D eigenvalue weighted by atomic mass is 10.0. The van der Waals surface area contributed by atoms with Crippen molar-refractivity contribution in [2.75, 3.05) is 26.2 Å². The largest absolute Gasteiger partial charge is 0.480 e. The van der Waals surface area contributed by atoms with Crippen LogP contribution in [0.5, 0.6) is 0 Å². The molecule has 0 bridgehead atoms. The number of guanidine groups is 2. The van der Waals surface area contributed by atoms with Crippen molar-refractivity contribution in [1.82, 2.24) is 47.5 Å². The van der Waals surface area contributed by atoms with Crippen molar-refractivity contribution in [3.63, 3.8) is 0 Å². The number of carbonyl (C=O) groups is 9. The van der Waals surface area contributed by atoms with Gasteiger partial charge in [0.2, 0.25) is 47.3 Å². The van der Waals surface area contributed by atoms with E-state index >= 15 is 0 Å². The van der Waals surface area contributed by atoms with Crippen LogP contribution < -0.4 is 71.2 Å². The number of aromatic amines is 1. The molecule has 75 heavy (non-hydrogen) atoms. The van der Waals surface area contributed by atoms with Crippen LogP contribution in [0.1, 0.15) is 82.3 Å². The zero-order chi connectivity index (χ0) is 54.9. The number of aliphatic carboxylic acids is 1. The Hall–Kier alpha value is -8.29. The Bertz CT molecular complexity index is 2490. The minimum absolute atomic E-state index is 0.00128. The van der Waals surface area contributed by atoms with E-state index < -0.39 is 95.5 Å². The number of hydrogen-bond acceptors (Lipinski definition) is 12. The molecule has 1 aliphatic rings. The van der Waals surface area contributed by atoms with Gasteiger partial charge in [-0.3, -0.25) is 48.3 Å². The first kappa shape index (κ1) is 59.3. The Morgan fingerprint density at radius 3 is 1.95 bits per heavy atom. The first-order chi connectivity index (χ1) is 35.8. The molecule has 4 rings (SSSR count). The average molecular weight is 1050 g/mol. The fourth-order valence-electron chi connectivity index (χ4n) is 8.26. The van der Waals surface area contributed by atoms with Crippen LogP contribution in [0.25, 0.3) is 10.9 Å². The highest BCUT2D eigenvalue weighted by Crippen LogP contribution is 2.20. The number of nitrogens with zero attached hydrogens (tertiary/aromatic N) is 2. The van der Waals surface area contributed by atoms with Gasteiger partial charge in [-0.25, -0.2) is 4.79 Å². The Morgan fingerprint density at radius 2 is 1.29 bits per heavy atom. The van der Waals surface area contributed by atoms with Crippen LogP contribution in [0.15, 0.2) is 70.8 Å². The van der Waals surface area contributed by atoms with Gasteiger partial charge >= 0.3 is 5.97 Å². The summed E-state index contributed by atoms with van der Waals surface area (Å²) in [6.45, 7) is 1.28. The van der Waals surface area contributed by atoms with Gasteiger partial charge in [-0.05, 0) is 81.5 Å². The van der Waals surface area contributed by atoms with Crippen LogP contribution in [0, 0.1) is 0 Å². The SMILES string of the molecule is CC(=O)N[C@@H](CCCN=C(N)N)C(=O)N[C@H]1CCCNC(=O)CCC[C@@H](C(=O)O)NC(=O)[C@H](Cc2c[nH]c3ccccc23)NC(=O)[C@H](CCCN=C(N)N)NC(=O)[C@@H](Cc2ccccc2)NC(=O)[C@H](CCN)NC1=O. The Morgan fingerprint density at radius 1 is 0.707 bits per heavy atom. The molecule has 3 aromatic rings. The second kappa shape index (κ2) is 30.7. The molecule has 0 saturated carbocycles. The van der Waals surface area contributed by atoms with Crippen LogP contribution in [-0.4, -0.2) is 144 Å². The van der Waals surface area contributed by atoms with Gasteiger partial charge in [0.05, 0.1) is 0 Å². The van der Waals surface area contributed by atoms with E-state index in [2.05, 4.69) is 57.5 Å². The molecular formula is C49H72N16O10. The van der Waals surface area contributed by atoms with Gasteiger partial charge in [0.25, 0.3) is 0 Å². The number of carboxylic acids is 1. The second-order valence-corrected chi connectivity index (χ2v) is 18.1. The quantitative estimate of drug-likeness (QED) is 0.0343. The molecule has 2 aromatic carbocycles. The predicted octanol–water partition coefficient (Wildman–Crippen LogP) is -3.01. The number of nitrogens with one attached hydrogen (secondary N) is 9. The molecule has 0 radical (unpaired) electrons. The van der Waals surface area contributed by atoms with E-state index in [1.54, 1.807) is 42.6 Å². The van der Waals surface area contributed by atoms with Crippen molar-refractivity contribution in [3.8, 4) is 0 Å². The predicted molar refractivity (Wildman–Crippen MR) is 279 cm³/mol. The molecule has 1 fully saturated rings. The molecule has 408 valence electrons. The van der Waals surface area contributed by atoms with Crippen molar-refractivity contribution in [3.05, 3.63) is 71.9 Å². The number of H-pyrrole nitrogens is 1. The molecule has 0 unspecified atom stereocenters. The highest BCUT2D eigenvalue weighted by atomic mass is 16.4. The summed E-state index contributed by atoms with van der Waals surface area (Å²) in [7, 11) is 0. The number of aliphatic imine (C=N–C) groups is 2. The number of fused-ring (bicyclic) bond motifs is 1. The minimum Gasteiger partial charge on any atom is -0.480 e. The second-order valence-electron chi connectivity index (χ2n) is 18.1. The number of aromatic nitrogens is 1. The summed E-state index contributed by atoms with van der Waals surface area (Å²) in [5.41, 5.74) is 29.9. The first-order valence-electron chi connectivity index (χ1n) is 24.8. The maximum Gasteiger partial charge on any atom is 0.326 e. The average Bonchev–Trinajstić information content (AvgIpc) is 3.77. The lowest BCUT2D eigenvalue weighted by molar-refractivity contribution is -0.142. The van der Waals surface area contributed by atoms with E-state index in [1.165, 1.54) is 6.92 Å². The number of rotatable bonds is 18. The lowest BCUT2D eigenvalue weighted by Gasteiger charge is -2.28. The maximum absolute atomic E-state index is 14.6. The highest BCUT2D eigenvalue weighted by Gasteiger charge is 2.34. The van der Waals surface area contributed by atoms with Crippen LogP contribution in [-0.2, 0) is 56.0 Å². The number of amides is 8. The fourth-order valence-corrected chi connectivity index (χ4v) is 8.26. The van der Waals surface area contributed by atoms with E-state index in [0.717, 1.165) is 10.9 Å². The monoisotopic (exact) mass is 1040 g/mol. The number of hydrogen-bond donors (Lipinski definition) is 15. The molecule has 0 spiro atoms. The number of benzene rings is 2. The van der Waals surface area contributed by atoms with Gasteiger partial charge in [0.1, 0.15) is 42.3 Å². The number of nitrogens with two attached hydrogens (primary N) is 5. The summed E-state index contributed by atoms with van der Waals surface area (Å²) in [6.07, 6.45) is 1.40. The maximum atomic E-state index is 14.6. The van der Waals surface area contributed by atoms with Gasteiger partial charge in [0.15, 0.2) is 11.9 Å². The molecule has 20 N–H and O–H groups in total. The summed E-state index contributed by atoms with van der Waals surface area (Å²) in [6, 6.07) is 6.34. The van der Waals surface area contributed by atoms with Crippen molar-refractivity contribution in [2.24, 2.45) is 38.7 Å². The van der Waals surface area contributed by atoms with Crippen LogP contribution in [0.2, 0.25) is 0 Å². The molecule has 1 aliphatic heterocycles. The Labute approximate surface area is 433 Å². The molecule has 2 heterocycles. The summed E-state index contributed by atoms with van der Waals surface area (Å²) in [4.78, 5) is 134. The zero-order valence-corrected chi connectivity index (χ0v) is 42.0. The Balaban J connectivity index is 1.74. The van der Waals surface area contributed by atoms with Crippen LogP contribution >= 0.6 is 0 Å². The van der Waals surface area contributed by atoms with Gasteiger partial charge < -0.3 is 81.3 Å². The molecule has 26 heteroatoms. The zero-order valence-electron chi connectivity index (χ0n) is 42.0. The molecule has 1 saturated heterocycles. The molecular weight excluding hydrogens is 973 g/mol. The third-order valence-electron chi connectivity index (χ3n) is 12.1. The normalized spacial score (nSPS) is 21.3. The third kappa shape index (κ3) is 20.6. The van der Waals surface area contributed by atoms with Crippen molar-refractivity contribution in [2.45, 2.75) is 126 Å². The first-order valence-corrected chi connectivity index (χ1v) is 24.8. The summed E-state index contributed by atoms with van der Waals surface area (Å²) in [5, 5.41) is 32.2. The van der Waals surface area contributed by atoms with E-state index in [0.29, 0.717) is 11.1 Å².